The molecular formula is C22H19NO4. The van der Waals surface area contributed by atoms with Crippen LogP contribution >= 0.6 is 0 Å². The number of rotatable bonds is 6. The molecule has 0 spiro atoms. The van der Waals surface area contributed by atoms with Crippen LogP contribution in [0.4, 0.5) is 5.69 Å². The van der Waals surface area contributed by atoms with Crippen LogP contribution in [0.25, 0.3) is 0 Å². The van der Waals surface area contributed by atoms with E-state index in [1.165, 1.54) is 14.2 Å². The molecule has 0 saturated heterocycles. The van der Waals surface area contributed by atoms with Crippen molar-refractivity contribution in [1.29, 1.82) is 0 Å². The molecule has 0 atom stereocenters. The topological polar surface area (TPSA) is 64.6 Å². The van der Waals surface area contributed by atoms with Gasteiger partial charge in [-0.25, -0.2) is 0 Å². The maximum Gasteiger partial charge on any atom is 0.263 e. The Morgan fingerprint density at radius 2 is 1.33 bits per heavy atom. The molecule has 0 aromatic heterocycles. The Morgan fingerprint density at radius 1 is 0.741 bits per heavy atom. The van der Waals surface area contributed by atoms with Crippen LogP contribution < -0.4 is 14.8 Å². The molecule has 0 bridgehead atoms. The van der Waals surface area contributed by atoms with E-state index in [0.29, 0.717) is 33.9 Å². The van der Waals surface area contributed by atoms with Gasteiger partial charge in [-0.3, -0.25) is 9.59 Å². The van der Waals surface area contributed by atoms with Crippen molar-refractivity contribution >= 4 is 17.4 Å². The predicted octanol–water partition coefficient (Wildman–Crippen LogP) is 4.19. The van der Waals surface area contributed by atoms with Crippen LogP contribution in [0.2, 0.25) is 0 Å². The average Bonchev–Trinajstić information content (AvgIpc) is 2.73. The molecule has 0 aliphatic carbocycles. The van der Waals surface area contributed by atoms with Crippen LogP contribution in [-0.4, -0.2) is 25.9 Å². The van der Waals surface area contributed by atoms with Crippen molar-refractivity contribution in [2.75, 3.05) is 19.5 Å². The third kappa shape index (κ3) is 3.98. The van der Waals surface area contributed by atoms with Crippen LogP contribution in [0.1, 0.15) is 26.3 Å². The van der Waals surface area contributed by atoms with E-state index < -0.39 is 0 Å². The average molecular weight is 361 g/mol. The number of anilines is 1. The number of carbonyl (C=O) groups excluding carboxylic acids is 2. The zero-order chi connectivity index (χ0) is 19.2. The van der Waals surface area contributed by atoms with Gasteiger partial charge < -0.3 is 14.8 Å². The standard InChI is InChI=1S/C22H19NO4/c1-26-18-12-7-13-19(27-2)20(18)22(25)23-17-11-6-10-16(14-17)21(24)15-8-4-3-5-9-15/h3-14H,1-2H3,(H,23,25). The highest BCUT2D eigenvalue weighted by molar-refractivity contribution is 6.11. The molecular weight excluding hydrogens is 342 g/mol. The van der Waals surface area contributed by atoms with Crippen molar-refractivity contribution in [3.8, 4) is 11.5 Å². The number of methoxy groups -OCH3 is 2. The van der Waals surface area contributed by atoms with Gasteiger partial charge in [-0.1, -0.05) is 48.5 Å². The Labute approximate surface area is 157 Å². The summed E-state index contributed by atoms with van der Waals surface area (Å²) in [5, 5.41) is 2.80. The van der Waals surface area contributed by atoms with Gasteiger partial charge in [0.2, 0.25) is 0 Å². The first kappa shape index (κ1) is 18.2. The van der Waals surface area contributed by atoms with E-state index in [4.69, 9.17) is 9.47 Å². The lowest BCUT2D eigenvalue weighted by molar-refractivity contribution is 0.101. The number of ketones is 1. The summed E-state index contributed by atoms with van der Waals surface area (Å²) in [5.74, 6) is 0.321. The third-order valence-corrected chi connectivity index (χ3v) is 4.07. The normalized spacial score (nSPS) is 10.1. The van der Waals surface area contributed by atoms with Gasteiger partial charge in [-0.2, -0.15) is 0 Å². The molecule has 3 aromatic carbocycles. The molecule has 0 aliphatic rings. The Bertz CT molecular complexity index is 945. The number of carbonyl (C=O) groups is 2. The number of nitrogens with one attached hydrogen (secondary N) is 1. The van der Waals surface area contributed by atoms with Crippen LogP contribution in [0.5, 0.6) is 11.5 Å². The quantitative estimate of drug-likeness (QED) is 0.669. The van der Waals surface area contributed by atoms with Crippen molar-refractivity contribution in [3.05, 3.63) is 89.5 Å². The van der Waals surface area contributed by atoms with Gasteiger partial charge in [0.25, 0.3) is 5.91 Å². The minimum atomic E-state index is -0.381. The molecule has 0 heterocycles. The fourth-order valence-corrected chi connectivity index (χ4v) is 2.76. The lowest BCUT2D eigenvalue weighted by Crippen LogP contribution is -2.15. The summed E-state index contributed by atoms with van der Waals surface area (Å²) in [6, 6.07) is 20.9. The summed E-state index contributed by atoms with van der Waals surface area (Å²) >= 11 is 0. The summed E-state index contributed by atoms with van der Waals surface area (Å²) < 4.78 is 10.5. The molecule has 0 saturated carbocycles. The van der Waals surface area contributed by atoms with Crippen molar-refractivity contribution in [2.45, 2.75) is 0 Å². The van der Waals surface area contributed by atoms with Crippen molar-refractivity contribution in [2.24, 2.45) is 0 Å². The largest absolute Gasteiger partial charge is 0.496 e. The fraction of sp³-hybridized carbons (Fsp3) is 0.0909. The van der Waals surface area contributed by atoms with Gasteiger partial charge in [0.15, 0.2) is 5.78 Å². The lowest BCUT2D eigenvalue weighted by Gasteiger charge is -2.13. The second kappa shape index (κ2) is 8.19. The van der Waals surface area contributed by atoms with Gasteiger partial charge in [0, 0.05) is 16.8 Å². The van der Waals surface area contributed by atoms with E-state index in [2.05, 4.69) is 5.32 Å². The summed E-state index contributed by atoms with van der Waals surface area (Å²) in [4.78, 5) is 25.4. The van der Waals surface area contributed by atoms with Gasteiger partial charge in [0.1, 0.15) is 17.1 Å². The second-order valence-electron chi connectivity index (χ2n) is 5.77. The molecule has 3 rings (SSSR count). The highest BCUT2D eigenvalue weighted by atomic mass is 16.5. The van der Waals surface area contributed by atoms with E-state index in [9.17, 15) is 9.59 Å². The van der Waals surface area contributed by atoms with Crippen molar-refractivity contribution in [1.82, 2.24) is 0 Å². The molecule has 0 radical (unpaired) electrons. The first-order chi connectivity index (χ1) is 13.1. The molecule has 0 aliphatic heterocycles. The van der Waals surface area contributed by atoms with Crippen molar-refractivity contribution in [3.63, 3.8) is 0 Å². The highest BCUT2D eigenvalue weighted by Gasteiger charge is 2.19. The number of hydrogen-bond acceptors (Lipinski definition) is 4. The van der Waals surface area contributed by atoms with E-state index in [1.54, 1.807) is 54.6 Å². The van der Waals surface area contributed by atoms with Crippen LogP contribution in [0, 0.1) is 0 Å². The lowest BCUT2D eigenvalue weighted by atomic mass is 10.0. The molecule has 0 fully saturated rings. The van der Waals surface area contributed by atoms with Crippen LogP contribution in [0.15, 0.2) is 72.8 Å². The van der Waals surface area contributed by atoms with Gasteiger partial charge in [0.05, 0.1) is 14.2 Å². The SMILES string of the molecule is COc1cccc(OC)c1C(=O)Nc1cccc(C(=O)c2ccccc2)c1. The molecule has 5 nitrogen and oxygen atoms in total. The maximum absolute atomic E-state index is 12.8. The smallest absolute Gasteiger partial charge is 0.263 e. The first-order valence-electron chi connectivity index (χ1n) is 8.36. The Kier molecular flexibility index (Phi) is 5.52. The first-order valence-corrected chi connectivity index (χ1v) is 8.36. The predicted molar refractivity (Wildman–Crippen MR) is 104 cm³/mol. The summed E-state index contributed by atoms with van der Waals surface area (Å²) in [6.07, 6.45) is 0. The Balaban J connectivity index is 1.87. The number of ether oxygens (including phenoxy) is 2. The number of benzene rings is 3. The van der Waals surface area contributed by atoms with E-state index in [-0.39, 0.29) is 11.7 Å². The molecule has 3 aromatic rings. The molecule has 5 heteroatoms. The highest BCUT2D eigenvalue weighted by Crippen LogP contribution is 2.29. The molecule has 1 amide bonds. The maximum atomic E-state index is 12.8. The Hall–Kier alpha value is -3.60. The van der Waals surface area contributed by atoms with E-state index in [1.807, 2.05) is 18.2 Å². The number of amides is 1. The summed E-state index contributed by atoms with van der Waals surface area (Å²) in [6.45, 7) is 0. The summed E-state index contributed by atoms with van der Waals surface area (Å²) in [5.41, 5.74) is 1.88. The number of hydrogen-bond donors (Lipinski definition) is 1. The zero-order valence-electron chi connectivity index (χ0n) is 15.1. The van der Waals surface area contributed by atoms with Gasteiger partial charge in [-0.15, -0.1) is 0 Å². The monoisotopic (exact) mass is 361 g/mol. The van der Waals surface area contributed by atoms with Crippen LogP contribution in [0.3, 0.4) is 0 Å². The second-order valence-corrected chi connectivity index (χ2v) is 5.77. The van der Waals surface area contributed by atoms with Crippen molar-refractivity contribution < 1.29 is 19.1 Å². The molecule has 1 N–H and O–H groups in total. The minimum Gasteiger partial charge on any atom is -0.496 e. The van der Waals surface area contributed by atoms with Crippen LogP contribution in [-0.2, 0) is 0 Å². The zero-order valence-corrected chi connectivity index (χ0v) is 15.1. The molecule has 0 unspecified atom stereocenters. The molecule has 136 valence electrons. The minimum absolute atomic E-state index is 0.110. The fourth-order valence-electron chi connectivity index (χ4n) is 2.76. The molecule has 27 heavy (non-hydrogen) atoms. The van der Waals surface area contributed by atoms with Gasteiger partial charge >= 0.3 is 0 Å². The summed E-state index contributed by atoms with van der Waals surface area (Å²) in [7, 11) is 2.98. The third-order valence-electron chi connectivity index (χ3n) is 4.07. The van der Waals surface area contributed by atoms with Gasteiger partial charge in [-0.05, 0) is 24.3 Å². The Morgan fingerprint density at radius 3 is 1.96 bits per heavy atom. The van der Waals surface area contributed by atoms with E-state index in [0.717, 1.165) is 0 Å². The van der Waals surface area contributed by atoms with E-state index >= 15 is 0 Å².